The van der Waals surface area contributed by atoms with Crippen molar-refractivity contribution < 1.29 is 4.74 Å². The molecule has 2 heteroatoms. The van der Waals surface area contributed by atoms with Gasteiger partial charge in [-0.2, -0.15) is 0 Å². The highest BCUT2D eigenvalue weighted by Crippen LogP contribution is 2.48. The van der Waals surface area contributed by atoms with Gasteiger partial charge in [-0.25, -0.2) is 0 Å². The van der Waals surface area contributed by atoms with Crippen molar-refractivity contribution in [3.05, 3.63) is 158 Å². The largest absolute Gasteiger partial charge is 0.456 e. The van der Waals surface area contributed by atoms with Gasteiger partial charge in [-0.15, -0.1) is 11.3 Å². The average Bonchev–Trinajstić information content (AvgIpc) is 3.62. The summed E-state index contributed by atoms with van der Waals surface area (Å²) < 4.78 is 6.33. The number of hydrogen-bond donors (Lipinski definition) is 0. The second-order valence-electron chi connectivity index (χ2n) is 12.1. The Labute approximate surface area is 270 Å². The molecular weight excluding hydrogens is 577 g/mol. The van der Waals surface area contributed by atoms with E-state index in [0.717, 1.165) is 17.1 Å². The second-order valence-corrected chi connectivity index (χ2v) is 13.1. The maximum absolute atomic E-state index is 6.33. The summed E-state index contributed by atoms with van der Waals surface area (Å²) in [6, 6.07) is 57.3. The third kappa shape index (κ3) is 3.87. The number of benzene rings is 8. The number of hydrogen-bond acceptors (Lipinski definition) is 2. The normalized spacial score (nSPS) is 12.1. The van der Waals surface area contributed by atoms with Gasteiger partial charge in [-0.1, -0.05) is 115 Å². The minimum absolute atomic E-state index is 0.914. The van der Waals surface area contributed by atoms with Crippen molar-refractivity contribution in [1.82, 2.24) is 0 Å². The fourth-order valence-electron chi connectivity index (χ4n) is 7.28. The number of fused-ring (bicyclic) bond motifs is 8. The molecule has 1 aromatic heterocycles. The predicted molar refractivity (Wildman–Crippen MR) is 196 cm³/mol. The minimum atomic E-state index is 0.914. The molecule has 2 heterocycles. The summed E-state index contributed by atoms with van der Waals surface area (Å²) in [6.07, 6.45) is 0. The van der Waals surface area contributed by atoms with Gasteiger partial charge in [0.25, 0.3) is 0 Å². The molecule has 0 N–H and O–H groups in total. The summed E-state index contributed by atoms with van der Waals surface area (Å²) >= 11 is 1.83. The molecule has 0 aliphatic carbocycles. The monoisotopic (exact) mass is 602 g/mol. The van der Waals surface area contributed by atoms with Crippen LogP contribution in [0.5, 0.6) is 11.5 Å². The van der Waals surface area contributed by atoms with E-state index in [2.05, 4.69) is 158 Å². The molecular formula is C44H26OS. The van der Waals surface area contributed by atoms with Crippen molar-refractivity contribution in [3.63, 3.8) is 0 Å². The van der Waals surface area contributed by atoms with E-state index in [1.165, 1.54) is 80.7 Å². The van der Waals surface area contributed by atoms with Gasteiger partial charge in [0.15, 0.2) is 0 Å². The van der Waals surface area contributed by atoms with E-state index in [0.29, 0.717) is 0 Å². The first-order valence-electron chi connectivity index (χ1n) is 15.7. The fourth-order valence-corrected chi connectivity index (χ4v) is 8.29. The van der Waals surface area contributed by atoms with E-state index in [4.69, 9.17) is 4.74 Å². The maximum atomic E-state index is 6.33. The molecule has 0 saturated carbocycles. The van der Waals surface area contributed by atoms with Crippen LogP contribution in [0.1, 0.15) is 0 Å². The van der Waals surface area contributed by atoms with Crippen molar-refractivity contribution in [1.29, 1.82) is 0 Å². The molecule has 0 saturated heterocycles. The van der Waals surface area contributed by atoms with Crippen LogP contribution in [-0.2, 0) is 0 Å². The van der Waals surface area contributed by atoms with Gasteiger partial charge in [0.1, 0.15) is 11.5 Å². The van der Waals surface area contributed by atoms with Gasteiger partial charge in [0, 0.05) is 20.7 Å². The first-order chi connectivity index (χ1) is 22.8. The standard InChI is InChI=1S/C44H26OS/c1-2-11-34-32(9-1)33-10-3-4-12-35(33)38-25-30(19-21-36(34)38)27-15-17-28(18-16-27)42-23-24-43(46-42)31-20-22-40-39(26-31)37-13-5-7-29-8-6-14-41(45-40)44(29)37/h1-26H. The van der Waals surface area contributed by atoms with E-state index in [9.17, 15) is 0 Å². The molecule has 1 aliphatic heterocycles. The van der Waals surface area contributed by atoms with Crippen LogP contribution in [0.2, 0.25) is 0 Å². The average molecular weight is 603 g/mol. The molecule has 0 spiro atoms. The molecule has 10 rings (SSSR count). The lowest BCUT2D eigenvalue weighted by molar-refractivity contribution is 0.487. The number of thiophene rings is 1. The third-order valence-electron chi connectivity index (χ3n) is 9.49. The van der Waals surface area contributed by atoms with Crippen LogP contribution in [0.15, 0.2) is 158 Å². The van der Waals surface area contributed by atoms with Crippen LogP contribution in [0, 0.1) is 0 Å². The lowest BCUT2D eigenvalue weighted by atomic mass is 9.92. The lowest BCUT2D eigenvalue weighted by Crippen LogP contribution is -1.97. The van der Waals surface area contributed by atoms with Gasteiger partial charge in [0.2, 0.25) is 0 Å². The van der Waals surface area contributed by atoms with Crippen LogP contribution in [0.4, 0.5) is 0 Å². The molecule has 9 aromatic rings. The Morgan fingerprint density at radius 1 is 0.348 bits per heavy atom. The quantitative estimate of drug-likeness (QED) is 0.183. The molecule has 0 radical (unpaired) electrons. The predicted octanol–water partition coefficient (Wildman–Crippen LogP) is 13.1. The zero-order valence-corrected chi connectivity index (χ0v) is 25.6. The summed E-state index contributed by atoms with van der Waals surface area (Å²) in [7, 11) is 0. The van der Waals surface area contributed by atoms with E-state index in [-0.39, 0.29) is 0 Å². The lowest BCUT2D eigenvalue weighted by Gasteiger charge is -2.21. The zero-order valence-electron chi connectivity index (χ0n) is 24.8. The van der Waals surface area contributed by atoms with Gasteiger partial charge in [-0.05, 0) is 108 Å². The van der Waals surface area contributed by atoms with Crippen molar-refractivity contribution in [3.8, 4) is 54.6 Å². The molecule has 0 amide bonds. The fraction of sp³-hybridized carbons (Fsp3) is 0. The van der Waals surface area contributed by atoms with E-state index < -0.39 is 0 Å². The Morgan fingerprint density at radius 2 is 0.935 bits per heavy atom. The molecule has 8 aromatic carbocycles. The van der Waals surface area contributed by atoms with Crippen molar-refractivity contribution >= 4 is 54.4 Å². The van der Waals surface area contributed by atoms with E-state index >= 15 is 0 Å². The summed E-state index contributed by atoms with van der Waals surface area (Å²) in [4.78, 5) is 2.51. The first-order valence-corrected chi connectivity index (χ1v) is 16.5. The second kappa shape index (κ2) is 9.90. The summed E-state index contributed by atoms with van der Waals surface area (Å²) in [6.45, 7) is 0. The topological polar surface area (TPSA) is 9.23 Å². The Kier molecular flexibility index (Phi) is 5.51. The smallest absolute Gasteiger partial charge is 0.135 e. The van der Waals surface area contributed by atoms with Crippen LogP contribution in [0.3, 0.4) is 0 Å². The van der Waals surface area contributed by atoms with E-state index in [1.807, 2.05) is 11.3 Å². The van der Waals surface area contributed by atoms with Crippen molar-refractivity contribution in [2.24, 2.45) is 0 Å². The molecule has 214 valence electrons. The number of ether oxygens (including phenoxy) is 1. The SMILES string of the molecule is c1cc2c3c(cccc3c1)-c1cc(-c3ccc(-c4ccc(-c5ccc6c7ccccc7c7ccccc7c6c5)cc4)s3)ccc1O2. The molecule has 1 aliphatic rings. The van der Waals surface area contributed by atoms with Gasteiger partial charge < -0.3 is 4.74 Å². The Morgan fingerprint density at radius 3 is 1.67 bits per heavy atom. The Balaban J connectivity index is 0.995. The number of rotatable bonds is 3. The van der Waals surface area contributed by atoms with Crippen LogP contribution in [0.25, 0.3) is 86.2 Å². The van der Waals surface area contributed by atoms with Crippen LogP contribution < -0.4 is 4.74 Å². The minimum Gasteiger partial charge on any atom is -0.456 e. The van der Waals surface area contributed by atoms with Gasteiger partial charge >= 0.3 is 0 Å². The maximum Gasteiger partial charge on any atom is 0.135 e. The Bertz CT molecular complexity index is 2620. The van der Waals surface area contributed by atoms with Crippen molar-refractivity contribution in [2.75, 3.05) is 0 Å². The van der Waals surface area contributed by atoms with Crippen LogP contribution >= 0.6 is 11.3 Å². The highest BCUT2D eigenvalue weighted by molar-refractivity contribution is 7.18. The summed E-state index contributed by atoms with van der Waals surface area (Å²) in [5, 5.41) is 10.2. The van der Waals surface area contributed by atoms with Gasteiger partial charge in [0.05, 0.1) is 0 Å². The highest BCUT2D eigenvalue weighted by atomic mass is 32.1. The Hall–Kier alpha value is -5.70. The molecule has 0 bridgehead atoms. The van der Waals surface area contributed by atoms with Crippen molar-refractivity contribution in [2.45, 2.75) is 0 Å². The van der Waals surface area contributed by atoms with E-state index in [1.54, 1.807) is 0 Å². The highest BCUT2D eigenvalue weighted by Gasteiger charge is 2.20. The third-order valence-corrected chi connectivity index (χ3v) is 10.7. The molecule has 1 nitrogen and oxygen atoms in total. The zero-order chi connectivity index (χ0) is 30.2. The molecule has 0 fully saturated rings. The van der Waals surface area contributed by atoms with Gasteiger partial charge in [-0.3, -0.25) is 0 Å². The molecule has 0 unspecified atom stereocenters. The molecule has 0 atom stereocenters. The first kappa shape index (κ1) is 25.6. The van der Waals surface area contributed by atoms with Crippen LogP contribution in [-0.4, -0.2) is 0 Å². The molecule has 46 heavy (non-hydrogen) atoms. The summed E-state index contributed by atoms with van der Waals surface area (Å²) in [5.41, 5.74) is 7.29. The summed E-state index contributed by atoms with van der Waals surface area (Å²) in [5.74, 6) is 1.85.